The van der Waals surface area contributed by atoms with Crippen molar-refractivity contribution in [3.63, 3.8) is 0 Å². The number of amides is 1. The van der Waals surface area contributed by atoms with Crippen molar-refractivity contribution in [2.24, 2.45) is 4.99 Å². The summed E-state index contributed by atoms with van der Waals surface area (Å²) in [6.45, 7) is 0.727. The van der Waals surface area contributed by atoms with E-state index in [-0.39, 0.29) is 11.8 Å². The van der Waals surface area contributed by atoms with Crippen molar-refractivity contribution in [3.05, 3.63) is 54.1 Å². The number of hydrogen-bond acceptors (Lipinski definition) is 3. The zero-order valence-electron chi connectivity index (χ0n) is 12.5. The minimum Gasteiger partial charge on any atom is -0.494 e. The number of hydrogen-bond donors (Lipinski definition) is 1. The molecule has 2 aromatic carbocycles. The maximum absolute atomic E-state index is 12.0. The molecule has 1 unspecified atom stereocenters. The van der Waals surface area contributed by atoms with Crippen LogP contribution in [-0.4, -0.2) is 23.2 Å². The predicted molar refractivity (Wildman–Crippen MR) is 101 cm³/mol. The first-order valence-electron chi connectivity index (χ1n) is 7.51. The van der Waals surface area contributed by atoms with Crippen molar-refractivity contribution in [2.75, 3.05) is 16.4 Å². The summed E-state index contributed by atoms with van der Waals surface area (Å²) < 4.78 is 6.71. The second-order valence-electron chi connectivity index (χ2n) is 5.22. The average molecular weight is 420 g/mol. The van der Waals surface area contributed by atoms with Gasteiger partial charge < -0.3 is 10.1 Å². The van der Waals surface area contributed by atoms with Crippen molar-refractivity contribution in [3.8, 4) is 5.75 Å². The Balaban J connectivity index is 1.67. The van der Waals surface area contributed by atoms with E-state index in [9.17, 15) is 4.79 Å². The van der Waals surface area contributed by atoms with Crippen LogP contribution in [-0.2, 0) is 4.79 Å². The topological polar surface area (TPSA) is 50.7 Å². The summed E-state index contributed by atoms with van der Waals surface area (Å²) in [6, 6.07) is 15.3. The fourth-order valence-corrected chi connectivity index (χ4v) is 2.73. The van der Waals surface area contributed by atoms with Gasteiger partial charge in [0, 0.05) is 16.3 Å². The molecule has 1 aliphatic heterocycles. The van der Waals surface area contributed by atoms with Crippen LogP contribution in [0.5, 0.6) is 5.75 Å². The molecule has 1 heterocycles. The Hall–Kier alpha value is -1.89. The van der Waals surface area contributed by atoms with Gasteiger partial charge in [0.2, 0.25) is 5.91 Å². The van der Waals surface area contributed by atoms with Crippen LogP contribution in [0.15, 0.2) is 53.5 Å². The van der Waals surface area contributed by atoms with Crippen LogP contribution in [0.1, 0.15) is 17.9 Å². The third-order valence-electron chi connectivity index (χ3n) is 3.59. The summed E-state index contributed by atoms with van der Waals surface area (Å²) in [4.78, 5) is 16.5. The van der Waals surface area contributed by atoms with Crippen molar-refractivity contribution in [1.82, 2.24) is 0 Å². The molecule has 1 aliphatic rings. The van der Waals surface area contributed by atoms with E-state index in [1.807, 2.05) is 48.5 Å². The van der Waals surface area contributed by atoms with Gasteiger partial charge in [0.1, 0.15) is 11.7 Å². The summed E-state index contributed by atoms with van der Waals surface area (Å²) in [6.07, 6.45) is 2.74. The molecule has 0 aromatic heterocycles. The molecule has 4 nitrogen and oxygen atoms in total. The number of ether oxygens (including phenoxy) is 1. The highest BCUT2D eigenvalue weighted by molar-refractivity contribution is 14.1. The lowest BCUT2D eigenvalue weighted by Gasteiger charge is -2.05. The molecule has 0 saturated carbocycles. The maximum atomic E-state index is 12.0. The number of rotatable bonds is 6. The van der Waals surface area contributed by atoms with E-state index in [4.69, 9.17) is 4.74 Å². The molecule has 5 heteroatoms. The van der Waals surface area contributed by atoms with Crippen molar-refractivity contribution in [1.29, 1.82) is 0 Å². The van der Waals surface area contributed by atoms with Gasteiger partial charge in [-0.2, -0.15) is 0 Å². The van der Waals surface area contributed by atoms with Crippen LogP contribution in [0, 0.1) is 0 Å². The number of carbonyl (C=O) groups is 1. The summed E-state index contributed by atoms with van der Waals surface area (Å²) in [5, 5.41) is 2.87. The van der Waals surface area contributed by atoms with Crippen LogP contribution in [0.3, 0.4) is 0 Å². The zero-order chi connectivity index (χ0) is 16.1. The fourth-order valence-electron chi connectivity index (χ4n) is 2.42. The number of benzene rings is 2. The number of para-hydroxylation sites is 1. The van der Waals surface area contributed by atoms with Crippen molar-refractivity contribution >= 4 is 46.1 Å². The molecule has 1 amide bonds. The lowest BCUT2D eigenvalue weighted by Crippen LogP contribution is -2.12. The Morgan fingerprint density at radius 1 is 1.17 bits per heavy atom. The Morgan fingerprint density at radius 2 is 1.96 bits per heavy atom. The van der Waals surface area contributed by atoms with E-state index >= 15 is 0 Å². The van der Waals surface area contributed by atoms with Gasteiger partial charge in [0.05, 0.1) is 12.3 Å². The lowest BCUT2D eigenvalue weighted by molar-refractivity contribution is -0.115. The molecule has 0 radical (unpaired) electrons. The van der Waals surface area contributed by atoms with E-state index in [1.165, 1.54) is 0 Å². The Labute approximate surface area is 149 Å². The van der Waals surface area contributed by atoms with Gasteiger partial charge in [-0.3, -0.25) is 9.79 Å². The van der Waals surface area contributed by atoms with Crippen LogP contribution < -0.4 is 10.1 Å². The molecule has 23 heavy (non-hydrogen) atoms. The van der Waals surface area contributed by atoms with Gasteiger partial charge in [-0.15, -0.1) is 0 Å². The number of anilines is 1. The highest BCUT2D eigenvalue weighted by Crippen LogP contribution is 2.31. The number of halogens is 1. The van der Waals surface area contributed by atoms with E-state index < -0.39 is 0 Å². The minimum atomic E-state index is -0.328. The number of aliphatic imine (C=N–C) groups is 1. The van der Waals surface area contributed by atoms with Gasteiger partial charge in [0.15, 0.2) is 0 Å². The molecule has 0 saturated heterocycles. The van der Waals surface area contributed by atoms with Gasteiger partial charge in [0.25, 0.3) is 0 Å². The molecule has 1 N–H and O–H groups in total. The molecular weight excluding hydrogens is 403 g/mol. The minimum absolute atomic E-state index is 0.0336. The van der Waals surface area contributed by atoms with Crippen LogP contribution in [0.2, 0.25) is 0 Å². The van der Waals surface area contributed by atoms with Crippen LogP contribution in [0.25, 0.3) is 0 Å². The van der Waals surface area contributed by atoms with E-state index in [0.717, 1.165) is 40.1 Å². The number of alkyl halides is 1. The smallest absolute Gasteiger partial charge is 0.237 e. The second kappa shape index (κ2) is 7.59. The highest BCUT2D eigenvalue weighted by Gasteiger charge is 2.28. The third-order valence-corrected chi connectivity index (χ3v) is 4.36. The molecule has 0 fully saturated rings. The number of nitrogens with zero attached hydrogens (tertiary/aromatic N) is 1. The molecule has 0 aliphatic carbocycles. The Kier molecular flexibility index (Phi) is 5.27. The number of carbonyl (C=O) groups excluding carboxylic acids is 1. The van der Waals surface area contributed by atoms with E-state index in [0.29, 0.717) is 0 Å². The molecular formula is C18H17IN2O2. The molecule has 1 atom stereocenters. The summed E-state index contributed by atoms with van der Waals surface area (Å²) >= 11 is 2.33. The monoisotopic (exact) mass is 420 g/mol. The predicted octanol–water partition coefficient (Wildman–Crippen LogP) is 4.33. The highest BCUT2D eigenvalue weighted by atomic mass is 127. The SMILES string of the molecule is O=C1Nc2ccccc2C1C=Nc1ccc(OCCCI)cc1. The van der Waals surface area contributed by atoms with Gasteiger partial charge in [-0.25, -0.2) is 0 Å². The third kappa shape index (κ3) is 3.90. The normalized spacial score (nSPS) is 16.4. The zero-order valence-corrected chi connectivity index (χ0v) is 14.7. The first kappa shape index (κ1) is 16.0. The summed E-state index contributed by atoms with van der Waals surface area (Å²) in [7, 11) is 0. The largest absolute Gasteiger partial charge is 0.494 e. The van der Waals surface area contributed by atoms with Gasteiger partial charge in [-0.1, -0.05) is 40.8 Å². The molecule has 118 valence electrons. The molecule has 0 spiro atoms. The van der Waals surface area contributed by atoms with Gasteiger partial charge >= 0.3 is 0 Å². The number of nitrogens with one attached hydrogen (secondary N) is 1. The lowest BCUT2D eigenvalue weighted by atomic mass is 10.0. The van der Waals surface area contributed by atoms with Crippen molar-refractivity contribution < 1.29 is 9.53 Å². The quantitative estimate of drug-likeness (QED) is 0.328. The van der Waals surface area contributed by atoms with Crippen molar-refractivity contribution in [2.45, 2.75) is 12.3 Å². The Morgan fingerprint density at radius 3 is 2.74 bits per heavy atom. The van der Waals surface area contributed by atoms with Crippen LogP contribution >= 0.6 is 22.6 Å². The second-order valence-corrected chi connectivity index (χ2v) is 6.30. The standard InChI is InChI=1S/C18H17IN2O2/c19-10-3-11-23-14-8-6-13(7-9-14)20-12-16-15-4-1-2-5-17(15)21-18(16)22/h1-2,4-9,12,16H,3,10-11H2,(H,21,22). The first-order chi connectivity index (χ1) is 11.3. The fraction of sp³-hybridized carbons (Fsp3) is 0.222. The van der Waals surface area contributed by atoms with Crippen LogP contribution in [0.4, 0.5) is 11.4 Å². The van der Waals surface area contributed by atoms with Gasteiger partial charge in [-0.05, 0) is 42.3 Å². The average Bonchev–Trinajstić information content (AvgIpc) is 2.90. The van der Waals surface area contributed by atoms with E-state index in [2.05, 4.69) is 32.9 Å². The molecule has 2 aromatic rings. The van der Waals surface area contributed by atoms with E-state index in [1.54, 1.807) is 6.21 Å². The maximum Gasteiger partial charge on any atom is 0.237 e. The number of fused-ring (bicyclic) bond motifs is 1. The summed E-state index contributed by atoms with van der Waals surface area (Å²) in [5.41, 5.74) is 2.65. The molecule has 0 bridgehead atoms. The summed E-state index contributed by atoms with van der Waals surface area (Å²) in [5.74, 6) is 0.484. The first-order valence-corrected chi connectivity index (χ1v) is 9.03. The molecule has 3 rings (SSSR count). The Bertz CT molecular complexity index is 713.